The molecule has 0 aromatic heterocycles. The molecule has 0 heterocycles. The second kappa shape index (κ2) is 8.49. The van der Waals surface area contributed by atoms with Crippen LogP contribution >= 0.6 is 0 Å². The maximum atomic E-state index is 12.6. The van der Waals surface area contributed by atoms with Crippen LogP contribution in [0, 0.1) is 12.3 Å². The Balaban J connectivity index is 2.33. The van der Waals surface area contributed by atoms with Crippen LogP contribution in [0.2, 0.25) is 0 Å². The van der Waals surface area contributed by atoms with Gasteiger partial charge in [0.05, 0.1) is 12.3 Å². The van der Waals surface area contributed by atoms with E-state index >= 15 is 0 Å². The number of aryl methyl sites for hydroxylation is 1. The Morgan fingerprint density at radius 3 is 2.62 bits per heavy atom. The quantitative estimate of drug-likeness (QED) is 0.409. The average molecular weight is 379 g/mol. The minimum absolute atomic E-state index is 0.0220. The number of oxime groups is 1. The highest BCUT2D eigenvalue weighted by atomic mass is 32.2. The first-order valence-electron chi connectivity index (χ1n) is 8.71. The second-order valence-electron chi connectivity index (χ2n) is 6.38. The van der Waals surface area contributed by atoms with Crippen molar-refractivity contribution >= 4 is 21.8 Å². The van der Waals surface area contributed by atoms with Crippen LogP contribution in [-0.4, -0.2) is 26.7 Å². The molecule has 1 aromatic carbocycles. The van der Waals surface area contributed by atoms with Crippen LogP contribution in [0.25, 0.3) is 0 Å². The van der Waals surface area contributed by atoms with Crippen molar-refractivity contribution in [2.45, 2.75) is 50.8 Å². The molecule has 0 bridgehead atoms. The van der Waals surface area contributed by atoms with E-state index in [4.69, 9.17) is 9.02 Å². The molecule has 1 fully saturated rings. The first-order valence-corrected chi connectivity index (χ1v) is 10.1. The highest BCUT2D eigenvalue weighted by molar-refractivity contribution is 7.86. The molecule has 6 nitrogen and oxygen atoms in total. The van der Waals surface area contributed by atoms with Gasteiger partial charge in [-0.2, -0.15) is 8.42 Å². The number of carbonyl (C=O) groups is 1. The summed E-state index contributed by atoms with van der Waals surface area (Å²) in [6, 6.07) is 6.30. The second-order valence-corrected chi connectivity index (χ2v) is 7.91. The lowest BCUT2D eigenvalue weighted by Crippen LogP contribution is -2.43. The van der Waals surface area contributed by atoms with Gasteiger partial charge >= 0.3 is 16.1 Å². The third-order valence-corrected chi connectivity index (χ3v) is 5.65. The van der Waals surface area contributed by atoms with Gasteiger partial charge in [0, 0.05) is 0 Å². The molecule has 142 valence electrons. The number of esters is 1. The Kier molecular flexibility index (Phi) is 6.58. The van der Waals surface area contributed by atoms with Crippen LogP contribution in [0.1, 0.15) is 44.6 Å². The number of carbonyl (C=O) groups excluding carboxylic acids is 1. The summed E-state index contributed by atoms with van der Waals surface area (Å²) in [5, 5.41) is 3.91. The largest absolute Gasteiger partial charge is 0.465 e. The normalized spacial score (nSPS) is 22.0. The third-order valence-electron chi connectivity index (χ3n) is 4.53. The van der Waals surface area contributed by atoms with Gasteiger partial charge in [-0.1, -0.05) is 35.3 Å². The van der Waals surface area contributed by atoms with Crippen LogP contribution < -0.4 is 0 Å². The summed E-state index contributed by atoms with van der Waals surface area (Å²) in [5.41, 5.74) is 0.339. The summed E-state index contributed by atoms with van der Waals surface area (Å²) in [5.74, 6) is -0.408. The number of rotatable bonds is 7. The van der Waals surface area contributed by atoms with Crippen LogP contribution in [0.3, 0.4) is 0 Å². The van der Waals surface area contributed by atoms with E-state index in [0.717, 1.165) is 18.4 Å². The van der Waals surface area contributed by atoms with Gasteiger partial charge in [-0.3, -0.25) is 9.08 Å². The van der Waals surface area contributed by atoms with Gasteiger partial charge in [-0.15, -0.1) is 6.58 Å². The van der Waals surface area contributed by atoms with Gasteiger partial charge in [-0.05, 0) is 51.7 Å². The Hall–Kier alpha value is -2.15. The highest BCUT2D eigenvalue weighted by Crippen LogP contribution is 2.39. The minimum Gasteiger partial charge on any atom is -0.465 e. The predicted octanol–water partition coefficient (Wildman–Crippen LogP) is 3.76. The van der Waals surface area contributed by atoms with Gasteiger partial charge in [0.1, 0.15) is 10.3 Å². The molecule has 0 spiro atoms. The smallest absolute Gasteiger partial charge is 0.358 e. The molecule has 1 unspecified atom stereocenters. The minimum atomic E-state index is -4.04. The Bertz CT molecular complexity index is 783. The van der Waals surface area contributed by atoms with E-state index in [9.17, 15) is 13.2 Å². The molecule has 0 amide bonds. The zero-order valence-corrected chi connectivity index (χ0v) is 16.0. The van der Waals surface area contributed by atoms with E-state index in [1.54, 1.807) is 25.1 Å². The fourth-order valence-electron chi connectivity index (χ4n) is 3.12. The van der Waals surface area contributed by atoms with Crippen LogP contribution in [0.5, 0.6) is 0 Å². The van der Waals surface area contributed by atoms with Crippen molar-refractivity contribution in [3.63, 3.8) is 0 Å². The summed E-state index contributed by atoms with van der Waals surface area (Å²) >= 11 is 0. The molecule has 1 aliphatic rings. The molecule has 0 aliphatic heterocycles. The maximum Gasteiger partial charge on any atom is 0.358 e. The zero-order chi connectivity index (χ0) is 19.2. The van der Waals surface area contributed by atoms with Gasteiger partial charge in [0.25, 0.3) is 0 Å². The van der Waals surface area contributed by atoms with Gasteiger partial charge in [-0.25, -0.2) is 0 Å². The zero-order valence-electron chi connectivity index (χ0n) is 15.2. The summed E-state index contributed by atoms with van der Waals surface area (Å²) in [7, 11) is -4.04. The van der Waals surface area contributed by atoms with E-state index in [1.165, 1.54) is 12.1 Å². The van der Waals surface area contributed by atoms with Crippen molar-refractivity contribution in [3.8, 4) is 0 Å². The number of hydrogen-bond donors (Lipinski definition) is 0. The Morgan fingerprint density at radius 2 is 2.00 bits per heavy atom. The lowest BCUT2D eigenvalue weighted by Gasteiger charge is -2.34. The van der Waals surface area contributed by atoms with E-state index in [-0.39, 0.29) is 11.5 Å². The van der Waals surface area contributed by atoms with E-state index in [2.05, 4.69) is 11.7 Å². The first kappa shape index (κ1) is 20.2. The number of nitrogens with zero attached hydrogens (tertiary/aromatic N) is 1. The van der Waals surface area contributed by atoms with Crippen molar-refractivity contribution in [1.29, 1.82) is 0 Å². The topological polar surface area (TPSA) is 82.0 Å². The highest BCUT2D eigenvalue weighted by Gasteiger charge is 2.46. The number of benzene rings is 1. The molecule has 0 saturated heterocycles. The Morgan fingerprint density at radius 1 is 1.31 bits per heavy atom. The van der Waals surface area contributed by atoms with Crippen LogP contribution in [-0.2, 0) is 23.9 Å². The van der Waals surface area contributed by atoms with E-state index in [1.807, 2.05) is 6.92 Å². The number of allylic oxidation sites excluding steroid dienone is 1. The SMILES string of the molecule is C=CCC1(C(=O)OCC)CCCC/C1=N\OS(=O)(=O)c1ccc(C)cc1. The van der Waals surface area contributed by atoms with E-state index < -0.39 is 21.5 Å². The fourth-order valence-corrected chi connectivity index (χ4v) is 3.86. The standard InChI is InChI=1S/C19H25NO5S/c1-4-13-19(18(21)24-5-2)14-7-6-8-17(19)20-25-26(22,23)16-11-9-15(3)10-12-16/h4,9-12H,1,5-8,13-14H2,2-3H3/b20-17+. The van der Waals surface area contributed by atoms with Crippen molar-refractivity contribution in [3.05, 3.63) is 42.5 Å². The molecule has 7 heteroatoms. The Labute approximate surface area is 155 Å². The molecular formula is C19H25NO5S. The number of ether oxygens (including phenoxy) is 1. The van der Waals surface area contributed by atoms with Gasteiger partial charge in [0.2, 0.25) is 0 Å². The van der Waals surface area contributed by atoms with Crippen LogP contribution in [0.15, 0.2) is 47.0 Å². The third kappa shape index (κ3) is 4.33. The summed E-state index contributed by atoms with van der Waals surface area (Å²) in [6.45, 7) is 7.56. The molecule has 2 rings (SSSR count). The molecular weight excluding hydrogens is 354 g/mol. The van der Waals surface area contributed by atoms with Crippen LogP contribution in [0.4, 0.5) is 0 Å². The number of hydrogen-bond acceptors (Lipinski definition) is 6. The monoisotopic (exact) mass is 379 g/mol. The van der Waals surface area contributed by atoms with Crippen molar-refractivity contribution in [2.75, 3.05) is 6.61 Å². The average Bonchev–Trinajstić information content (AvgIpc) is 2.61. The van der Waals surface area contributed by atoms with Crippen molar-refractivity contribution in [2.24, 2.45) is 10.6 Å². The van der Waals surface area contributed by atoms with Crippen molar-refractivity contribution in [1.82, 2.24) is 0 Å². The molecule has 0 N–H and O–H groups in total. The summed E-state index contributed by atoms with van der Waals surface area (Å²) < 4.78 is 34.9. The lowest BCUT2D eigenvalue weighted by molar-refractivity contribution is -0.152. The molecule has 0 radical (unpaired) electrons. The summed E-state index contributed by atoms with van der Waals surface area (Å²) in [4.78, 5) is 12.6. The lowest BCUT2D eigenvalue weighted by atomic mass is 9.70. The molecule has 1 saturated carbocycles. The van der Waals surface area contributed by atoms with Crippen molar-refractivity contribution < 1.29 is 22.2 Å². The summed E-state index contributed by atoms with van der Waals surface area (Å²) in [6.07, 6.45) is 4.62. The molecule has 1 atom stereocenters. The molecule has 1 aromatic rings. The molecule has 26 heavy (non-hydrogen) atoms. The predicted molar refractivity (Wildman–Crippen MR) is 99.2 cm³/mol. The van der Waals surface area contributed by atoms with Gasteiger partial charge in [0.15, 0.2) is 0 Å². The van der Waals surface area contributed by atoms with Gasteiger partial charge < -0.3 is 4.74 Å². The first-order chi connectivity index (χ1) is 12.4. The molecule has 1 aliphatic carbocycles. The maximum absolute atomic E-state index is 12.6. The van der Waals surface area contributed by atoms with E-state index in [0.29, 0.717) is 25.0 Å². The fraction of sp³-hybridized carbons (Fsp3) is 0.474.